The molecule has 5 heteroatoms. The zero-order valence-corrected chi connectivity index (χ0v) is 12.4. The van der Waals surface area contributed by atoms with Crippen LogP contribution in [0.4, 0.5) is 5.82 Å². The summed E-state index contributed by atoms with van der Waals surface area (Å²) in [5.74, 6) is 0.848. The SMILES string of the molecule is CCCNc1ccc(Cl)c(COCc2cccs2)n1. The zero-order valence-electron chi connectivity index (χ0n) is 10.9. The van der Waals surface area contributed by atoms with Crippen LogP contribution in [0, 0.1) is 0 Å². The van der Waals surface area contributed by atoms with Crippen molar-refractivity contribution >= 4 is 28.8 Å². The van der Waals surface area contributed by atoms with E-state index in [0.717, 1.165) is 24.5 Å². The van der Waals surface area contributed by atoms with E-state index in [-0.39, 0.29) is 0 Å². The molecule has 0 fully saturated rings. The third-order valence-electron chi connectivity index (χ3n) is 2.54. The highest BCUT2D eigenvalue weighted by atomic mass is 35.5. The molecule has 2 aromatic heterocycles. The number of thiophene rings is 1. The van der Waals surface area contributed by atoms with E-state index >= 15 is 0 Å². The van der Waals surface area contributed by atoms with Crippen molar-refractivity contribution in [1.29, 1.82) is 0 Å². The van der Waals surface area contributed by atoms with Crippen LogP contribution < -0.4 is 5.32 Å². The summed E-state index contributed by atoms with van der Waals surface area (Å²) in [6.07, 6.45) is 1.06. The Morgan fingerprint density at radius 2 is 2.21 bits per heavy atom. The third-order valence-corrected chi connectivity index (χ3v) is 3.73. The molecule has 0 radical (unpaired) electrons. The lowest BCUT2D eigenvalue weighted by atomic mass is 10.3. The first-order valence-corrected chi connectivity index (χ1v) is 7.54. The molecule has 3 nitrogen and oxygen atoms in total. The average Bonchev–Trinajstić information content (AvgIpc) is 2.92. The van der Waals surface area contributed by atoms with Gasteiger partial charge in [-0.3, -0.25) is 0 Å². The Morgan fingerprint density at radius 3 is 2.95 bits per heavy atom. The fourth-order valence-corrected chi connectivity index (χ4v) is 2.38. The number of rotatable bonds is 7. The summed E-state index contributed by atoms with van der Waals surface area (Å²) in [6, 6.07) is 7.82. The van der Waals surface area contributed by atoms with Crippen molar-refractivity contribution in [2.24, 2.45) is 0 Å². The lowest BCUT2D eigenvalue weighted by Crippen LogP contribution is -2.04. The average molecular weight is 297 g/mol. The molecule has 0 amide bonds. The third kappa shape index (κ3) is 4.49. The van der Waals surface area contributed by atoms with Crippen LogP contribution in [0.3, 0.4) is 0 Å². The molecule has 19 heavy (non-hydrogen) atoms. The molecule has 2 aromatic rings. The second-order valence-electron chi connectivity index (χ2n) is 4.12. The van der Waals surface area contributed by atoms with Gasteiger partial charge in [0.2, 0.25) is 0 Å². The summed E-state index contributed by atoms with van der Waals surface area (Å²) in [4.78, 5) is 5.67. The van der Waals surface area contributed by atoms with E-state index in [1.54, 1.807) is 11.3 Å². The van der Waals surface area contributed by atoms with Gasteiger partial charge < -0.3 is 10.1 Å². The summed E-state index contributed by atoms with van der Waals surface area (Å²) >= 11 is 7.81. The maximum absolute atomic E-state index is 6.12. The van der Waals surface area contributed by atoms with E-state index in [1.807, 2.05) is 23.6 Å². The van der Waals surface area contributed by atoms with E-state index in [4.69, 9.17) is 16.3 Å². The molecule has 0 aliphatic heterocycles. The Hall–Kier alpha value is -1.10. The minimum Gasteiger partial charge on any atom is -0.370 e. The van der Waals surface area contributed by atoms with Crippen LogP contribution >= 0.6 is 22.9 Å². The Morgan fingerprint density at radius 1 is 1.32 bits per heavy atom. The van der Waals surface area contributed by atoms with E-state index in [1.165, 1.54) is 4.88 Å². The van der Waals surface area contributed by atoms with Gasteiger partial charge in [0.25, 0.3) is 0 Å². The topological polar surface area (TPSA) is 34.1 Å². The Balaban J connectivity index is 1.90. The highest BCUT2D eigenvalue weighted by molar-refractivity contribution is 7.09. The Bertz CT molecular complexity index is 502. The molecule has 0 aliphatic carbocycles. The molecule has 0 aliphatic rings. The molecule has 0 saturated heterocycles. The maximum atomic E-state index is 6.12. The number of nitrogens with zero attached hydrogens (tertiary/aromatic N) is 1. The lowest BCUT2D eigenvalue weighted by Gasteiger charge is -2.08. The summed E-state index contributed by atoms with van der Waals surface area (Å²) in [5.41, 5.74) is 0.777. The van der Waals surface area contributed by atoms with Gasteiger partial charge in [0, 0.05) is 11.4 Å². The molecule has 0 aromatic carbocycles. The molecule has 0 saturated carbocycles. The van der Waals surface area contributed by atoms with E-state index in [2.05, 4.69) is 23.3 Å². The predicted molar refractivity (Wildman–Crippen MR) is 80.8 cm³/mol. The molecule has 0 bridgehead atoms. The van der Waals surface area contributed by atoms with Gasteiger partial charge in [-0.1, -0.05) is 24.6 Å². The van der Waals surface area contributed by atoms with Crippen LogP contribution in [-0.2, 0) is 18.0 Å². The van der Waals surface area contributed by atoms with E-state index in [9.17, 15) is 0 Å². The predicted octanol–water partition coefficient (Wildman–Crippen LogP) is 4.34. The monoisotopic (exact) mass is 296 g/mol. The molecule has 0 spiro atoms. The van der Waals surface area contributed by atoms with Gasteiger partial charge in [0.1, 0.15) is 5.82 Å². The van der Waals surface area contributed by atoms with Crippen LogP contribution in [0.1, 0.15) is 23.9 Å². The Labute approximate surface area is 122 Å². The zero-order chi connectivity index (χ0) is 13.5. The van der Waals surface area contributed by atoms with Crippen molar-refractivity contribution in [3.05, 3.63) is 45.2 Å². The summed E-state index contributed by atoms with van der Waals surface area (Å²) in [5, 5.41) is 5.93. The number of nitrogens with one attached hydrogen (secondary N) is 1. The standard InChI is InChI=1S/C14H17ClN2OS/c1-2-7-16-14-6-5-12(15)13(17-14)10-18-9-11-4-3-8-19-11/h3-6,8H,2,7,9-10H2,1H3,(H,16,17). The fraction of sp³-hybridized carbons (Fsp3) is 0.357. The number of hydrogen-bond donors (Lipinski definition) is 1. The number of halogens is 1. The molecule has 0 unspecified atom stereocenters. The van der Waals surface area contributed by atoms with Crippen molar-refractivity contribution in [2.45, 2.75) is 26.6 Å². The van der Waals surface area contributed by atoms with Gasteiger partial charge in [-0.25, -0.2) is 4.98 Å². The lowest BCUT2D eigenvalue weighted by molar-refractivity contribution is 0.107. The molecular weight excluding hydrogens is 280 g/mol. The molecule has 2 heterocycles. The number of ether oxygens (including phenoxy) is 1. The van der Waals surface area contributed by atoms with Crippen molar-refractivity contribution in [3.63, 3.8) is 0 Å². The van der Waals surface area contributed by atoms with Gasteiger partial charge in [0.05, 0.1) is 23.9 Å². The molecule has 0 atom stereocenters. The van der Waals surface area contributed by atoms with Crippen LogP contribution in [0.5, 0.6) is 0 Å². The van der Waals surface area contributed by atoms with Crippen molar-refractivity contribution in [2.75, 3.05) is 11.9 Å². The normalized spacial score (nSPS) is 10.6. The van der Waals surface area contributed by atoms with Crippen LogP contribution in [0.2, 0.25) is 5.02 Å². The smallest absolute Gasteiger partial charge is 0.126 e. The van der Waals surface area contributed by atoms with Crippen molar-refractivity contribution in [1.82, 2.24) is 4.98 Å². The van der Waals surface area contributed by atoms with Gasteiger partial charge in [-0.2, -0.15) is 0 Å². The maximum Gasteiger partial charge on any atom is 0.126 e. The van der Waals surface area contributed by atoms with Crippen LogP contribution in [-0.4, -0.2) is 11.5 Å². The van der Waals surface area contributed by atoms with Crippen molar-refractivity contribution in [3.8, 4) is 0 Å². The number of pyridine rings is 1. The second-order valence-corrected chi connectivity index (χ2v) is 5.56. The first-order valence-electron chi connectivity index (χ1n) is 6.29. The van der Waals surface area contributed by atoms with Gasteiger partial charge in [-0.15, -0.1) is 11.3 Å². The summed E-state index contributed by atoms with van der Waals surface area (Å²) in [6.45, 7) is 4.05. The second kappa shape index (κ2) is 7.48. The minimum absolute atomic E-state index is 0.429. The first kappa shape index (κ1) is 14.3. The quantitative estimate of drug-likeness (QED) is 0.825. The van der Waals surface area contributed by atoms with Gasteiger partial charge >= 0.3 is 0 Å². The van der Waals surface area contributed by atoms with E-state index in [0.29, 0.717) is 18.2 Å². The molecule has 1 N–H and O–H groups in total. The first-order chi connectivity index (χ1) is 9.29. The van der Waals surface area contributed by atoms with E-state index < -0.39 is 0 Å². The number of hydrogen-bond acceptors (Lipinski definition) is 4. The molecule has 2 rings (SSSR count). The Kier molecular flexibility index (Phi) is 5.63. The van der Waals surface area contributed by atoms with Gasteiger partial charge in [-0.05, 0) is 30.0 Å². The summed E-state index contributed by atoms with van der Waals surface area (Å²) in [7, 11) is 0. The molecular formula is C14H17ClN2OS. The van der Waals surface area contributed by atoms with Crippen LogP contribution in [0.15, 0.2) is 29.6 Å². The molecule has 102 valence electrons. The highest BCUT2D eigenvalue weighted by Gasteiger charge is 2.04. The van der Waals surface area contributed by atoms with Gasteiger partial charge in [0.15, 0.2) is 0 Å². The van der Waals surface area contributed by atoms with Crippen LogP contribution in [0.25, 0.3) is 0 Å². The number of anilines is 1. The van der Waals surface area contributed by atoms with Crippen molar-refractivity contribution < 1.29 is 4.74 Å². The fourth-order valence-electron chi connectivity index (χ4n) is 1.58. The summed E-state index contributed by atoms with van der Waals surface area (Å²) < 4.78 is 5.64. The number of aromatic nitrogens is 1. The minimum atomic E-state index is 0.429. The highest BCUT2D eigenvalue weighted by Crippen LogP contribution is 2.18. The largest absolute Gasteiger partial charge is 0.370 e.